The van der Waals surface area contributed by atoms with Crippen LogP contribution in [0.4, 0.5) is 0 Å². The molecule has 157 valence electrons. The van der Waals surface area contributed by atoms with Crippen LogP contribution >= 0.6 is 0 Å². The van der Waals surface area contributed by atoms with Crippen molar-refractivity contribution in [3.8, 4) is 0 Å². The average molecular weight is 534 g/mol. The Hall–Kier alpha value is -0.400. The summed E-state index contributed by atoms with van der Waals surface area (Å²) in [5.74, 6) is -0.0560. The van der Waals surface area contributed by atoms with Gasteiger partial charge in [0.25, 0.3) is 0 Å². The van der Waals surface area contributed by atoms with Gasteiger partial charge in [0, 0.05) is 0 Å². The van der Waals surface area contributed by atoms with E-state index in [2.05, 4.69) is 81.6 Å². The number of hydrogen-bond donors (Lipinski definition) is 0. The van der Waals surface area contributed by atoms with Crippen LogP contribution < -0.4 is 24.8 Å². The van der Waals surface area contributed by atoms with Crippen molar-refractivity contribution in [1.82, 2.24) is 0 Å². The van der Waals surface area contributed by atoms with Crippen molar-refractivity contribution in [1.29, 1.82) is 0 Å². The van der Waals surface area contributed by atoms with Gasteiger partial charge in [-0.3, -0.25) is 0 Å². The first-order chi connectivity index (χ1) is 13.5. The SMILES string of the molecule is CC(C)C1=C[CH]([Zr+2]([CH]2C=Cc3ccccc32)[SiH](C)C)c2cc3c(cc21)CCC3.[Cl-].[Cl-]. The monoisotopic (exact) mass is 531 g/mol. The van der Waals surface area contributed by atoms with E-state index < -0.39 is 26.8 Å². The molecule has 3 aliphatic carbocycles. The summed E-state index contributed by atoms with van der Waals surface area (Å²) in [4.78, 5) is 0. The van der Waals surface area contributed by atoms with E-state index >= 15 is 0 Å². The molecule has 2 unspecified atom stereocenters. The van der Waals surface area contributed by atoms with E-state index in [4.69, 9.17) is 0 Å². The van der Waals surface area contributed by atoms with Gasteiger partial charge >= 0.3 is 180 Å². The zero-order valence-corrected chi connectivity index (χ0v) is 23.5. The van der Waals surface area contributed by atoms with E-state index in [0.717, 1.165) is 7.25 Å². The predicted octanol–water partition coefficient (Wildman–Crippen LogP) is 0.647. The molecule has 0 amide bonds. The maximum Gasteiger partial charge on any atom is -1.00 e. The summed E-state index contributed by atoms with van der Waals surface area (Å²) >= 11 is -1.75. The molecule has 5 rings (SSSR count). The first-order valence-corrected chi connectivity index (χ1v) is 21.0. The van der Waals surface area contributed by atoms with Gasteiger partial charge in [0.1, 0.15) is 0 Å². The zero-order chi connectivity index (χ0) is 19.4. The molecule has 0 heterocycles. The van der Waals surface area contributed by atoms with Crippen LogP contribution in [-0.2, 0) is 33.8 Å². The first-order valence-electron chi connectivity index (χ1n) is 11.1. The number of halogens is 2. The number of benzene rings is 2. The number of rotatable bonds is 4. The maximum absolute atomic E-state index is 2.76. The van der Waals surface area contributed by atoms with Gasteiger partial charge in [-0.2, -0.15) is 0 Å². The molecular weight excluding hydrogens is 503 g/mol. The largest absolute Gasteiger partial charge is 1.00 e. The number of allylic oxidation sites excluding steroid dienone is 3. The molecule has 4 heteroatoms. The van der Waals surface area contributed by atoms with E-state index in [1.165, 1.54) is 24.8 Å². The maximum atomic E-state index is 2.76. The van der Waals surface area contributed by atoms with Gasteiger partial charge in [0.2, 0.25) is 0 Å². The van der Waals surface area contributed by atoms with E-state index in [1.54, 1.807) is 33.4 Å². The van der Waals surface area contributed by atoms with Gasteiger partial charge in [-0.15, -0.1) is 0 Å². The Balaban J connectivity index is 0.00000128. The molecule has 0 spiro atoms. The summed E-state index contributed by atoms with van der Waals surface area (Å²) in [6.45, 7) is 10.1. The van der Waals surface area contributed by atoms with Crippen LogP contribution in [0.15, 0.2) is 48.6 Å². The fraction of sp³-hybridized carbons (Fsp3) is 0.385. The summed E-state index contributed by atoms with van der Waals surface area (Å²) in [5.41, 5.74) is 11.5. The molecule has 0 N–H and O–H groups in total. The molecule has 0 fully saturated rings. The summed E-state index contributed by atoms with van der Waals surface area (Å²) < 4.78 is 1.56. The standard InChI is InChI=1S/C15H17.C9H7.C2H7Si.2ClH.Zr/c1-10(2)14-7-6-13-8-11-4-3-5-12(11)9-15(13)14;1-2-5-9-7-3-6-8(9)4-1;1-3-2;;;/h6-10H,3-5H2,1-2H3;1-7H;3H,1-2H3;2*1H;/q;;;;;+2/p-2. The van der Waals surface area contributed by atoms with E-state index in [9.17, 15) is 0 Å². The summed E-state index contributed by atoms with van der Waals surface area (Å²) in [6.07, 6.45) is 11.7. The van der Waals surface area contributed by atoms with Crippen LogP contribution in [-0.4, -0.2) is 5.92 Å². The molecule has 0 saturated carbocycles. The molecule has 0 radical (unpaired) electrons. The Morgan fingerprint density at radius 3 is 2.33 bits per heavy atom. The van der Waals surface area contributed by atoms with Crippen molar-refractivity contribution in [3.63, 3.8) is 0 Å². The topological polar surface area (TPSA) is 0 Å². The Kier molecular flexibility index (Phi) is 7.77. The number of fused-ring (bicyclic) bond motifs is 3. The second kappa shape index (κ2) is 9.62. The van der Waals surface area contributed by atoms with Crippen molar-refractivity contribution in [2.24, 2.45) is 5.92 Å². The smallest absolute Gasteiger partial charge is 1.00 e. The van der Waals surface area contributed by atoms with Crippen molar-refractivity contribution in [2.75, 3.05) is 0 Å². The Labute approximate surface area is 203 Å². The molecule has 0 aliphatic heterocycles. The minimum absolute atomic E-state index is 0. The fourth-order valence-electron chi connectivity index (χ4n) is 5.74. The Morgan fingerprint density at radius 2 is 1.63 bits per heavy atom. The van der Waals surface area contributed by atoms with E-state index in [1.807, 2.05) is 0 Å². The Morgan fingerprint density at radius 1 is 0.933 bits per heavy atom. The molecule has 0 aromatic heterocycles. The molecule has 2 atom stereocenters. The number of aryl methyl sites for hydroxylation is 2. The molecule has 2 aromatic carbocycles. The van der Waals surface area contributed by atoms with Crippen LogP contribution in [0, 0.1) is 5.92 Å². The fourth-order valence-corrected chi connectivity index (χ4v) is 26.8. The van der Waals surface area contributed by atoms with Crippen LogP contribution in [0.5, 0.6) is 0 Å². The van der Waals surface area contributed by atoms with Crippen LogP contribution in [0.25, 0.3) is 11.6 Å². The minimum Gasteiger partial charge on any atom is -1.00 e. The third-order valence-electron chi connectivity index (χ3n) is 7.06. The third kappa shape index (κ3) is 4.03. The molecule has 2 aromatic rings. The molecular formula is C26H31Cl2SiZr. The second-order valence-corrected chi connectivity index (χ2v) is 29.7. The minimum atomic E-state index is -1.75. The van der Waals surface area contributed by atoms with Gasteiger partial charge < -0.3 is 24.8 Å². The van der Waals surface area contributed by atoms with Crippen molar-refractivity contribution in [3.05, 3.63) is 81.9 Å². The van der Waals surface area contributed by atoms with Gasteiger partial charge in [-0.1, -0.05) is 0 Å². The van der Waals surface area contributed by atoms with Gasteiger partial charge in [-0.25, -0.2) is 0 Å². The first kappa shape index (κ1) is 24.2. The quantitative estimate of drug-likeness (QED) is 0.507. The zero-order valence-electron chi connectivity index (χ0n) is 18.4. The second-order valence-electron chi connectivity index (χ2n) is 9.44. The summed E-state index contributed by atoms with van der Waals surface area (Å²) in [7, 11) is 0. The van der Waals surface area contributed by atoms with Crippen LogP contribution in [0.1, 0.15) is 60.9 Å². The molecule has 0 nitrogen and oxygen atoms in total. The third-order valence-corrected chi connectivity index (χ3v) is 28.4. The van der Waals surface area contributed by atoms with Crippen molar-refractivity contribution in [2.45, 2.75) is 53.5 Å². The van der Waals surface area contributed by atoms with E-state index in [-0.39, 0.29) is 24.8 Å². The average Bonchev–Trinajstić information content (AvgIpc) is 3.38. The predicted molar refractivity (Wildman–Crippen MR) is 121 cm³/mol. The van der Waals surface area contributed by atoms with Gasteiger partial charge in [0.15, 0.2) is 0 Å². The van der Waals surface area contributed by atoms with Gasteiger partial charge in [-0.05, 0) is 0 Å². The van der Waals surface area contributed by atoms with Crippen LogP contribution in [0.2, 0.25) is 13.1 Å². The summed E-state index contributed by atoms with van der Waals surface area (Å²) in [5, 5.41) is 0. The molecule has 0 bridgehead atoms. The van der Waals surface area contributed by atoms with Crippen LogP contribution in [0.3, 0.4) is 0 Å². The normalized spacial score (nSPS) is 20.4. The van der Waals surface area contributed by atoms with Crippen molar-refractivity contribution >= 4 is 17.6 Å². The number of hydrogen-bond acceptors (Lipinski definition) is 0. The van der Waals surface area contributed by atoms with E-state index in [0.29, 0.717) is 5.92 Å². The van der Waals surface area contributed by atoms with Crippen molar-refractivity contribution < 1.29 is 45.7 Å². The molecule has 3 aliphatic rings. The summed E-state index contributed by atoms with van der Waals surface area (Å²) in [6, 6.07) is 14.5. The molecule has 30 heavy (non-hydrogen) atoms. The van der Waals surface area contributed by atoms with Gasteiger partial charge in [0.05, 0.1) is 0 Å². The Bertz CT molecular complexity index is 993. The molecule has 0 saturated heterocycles.